The minimum Gasteiger partial charge on any atom is -0.490 e. The fourth-order valence-corrected chi connectivity index (χ4v) is 4.26. The van der Waals surface area contributed by atoms with E-state index in [0.717, 1.165) is 15.8 Å². The van der Waals surface area contributed by atoms with Crippen molar-refractivity contribution in [3.63, 3.8) is 0 Å². The van der Waals surface area contributed by atoms with Gasteiger partial charge in [-0.2, -0.15) is 4.99 Å². The zero-order chi connectivity index (χ0) is 21.0. The Kier molecular flexibility index (Phi) is 6.59. The molecule has 3 aromatic rings. The number of aromatic nitrogens is 1. The number of nitrogens with zero attached hydrogens (tertiary/aromatic N) is 2. The highest BCUT2D eigenvalue weighted by Gasteiger charge is 2.18. The lowest BCUT2D eigenvalue weighted by molar-refractivity contribution is 0.0997. The molecule has 7 heteroatoms. The van der Waals surface area contributed by atoms with Crippen LogP contribution in [-0.2, 0) is 7.05 Å². The molecular weight excluding hydrogens is 388 g/mol. The molecule has 2 aromatic carbocycles. The van der Waals surface area contributed by atoms with Gasteiger partial charge in [-0.3, -0.25) is 4.79 Å². The van der Waals surface area contributed by atoms with Crippen LogP contribution in [0.25, 0.3) is 10.2 Å². The maximum atomic E-state index is 13.0. The molecule has 0 spiro atoms. The van der Waals surface area contributed by atoms with Crippen LogP contribution in [0.5, 0.6) is 17.2 Å². The maximum absolute atomic E-state index is 13.0. The molecule has 0 aliphatic rings. The first-order valence-electron chi connectivity index (χ1n) is 9.70. The number of fused-ring (bicyclic) bond motifs is 1. The van der Waals surface area contributed by atoms with Gasteiger partial charge in [0.1, 0.15) is 0 Å². The molecule has 0 N–H and O–H groups in total. The van der Waals surface area contributed by atoms with Crippen molar-refractivity contribution in [1.82, 2.24) is 4.57 Å². The van der Waals surface area contributed by atoms with Gasteiger partial charge in [0.15, 0.2) is 16.3 Å². The second-order valence-electron chi connectivity index (χ2n) is 6.38. The van der Waals surface area contributed by atoms with Gasteiger partial charge in [0.25, 0.3) is 5.91 Å². The molecule has 0 radical (unpaired) electrons. The van der Waals surface area contributed by atoms with Crippen LogP contribution in [-0.4, -0.2) is 30.3 Å². The molecule has 29 heavy (non-hydrogen) atoms. The lowest BCUT2D eigenvalue weighted by atomic mass is 10.1. The van der Waals surface area contributed by atoms with E-state index in [1.807, 2.05) is 44.5 Å². The summed E-state index contributed by atoms with van der Waals surface area (Å²) < 4.78 is 20.2. The molecule has 1 aromatic heterocycles. The van der Waals surface area contributed by atoms with Gasteiger partial charge < -0.3 is 18.8 Å². The average molecular weight is 415 g/mol. The molecule has 0 atom stereocenters. The highest BCUT2D eigenvalue weighted by Crippen LogP contribution is 2.39. The van der Waals surface area contributed by atoms with Gasteiger partial charge in [0.05, 0.1) is 30.0 Å². The first-order chi connectivity index (χ1) is 14.0. The number of rotatable bonds is 7. The van der Waals surface area contributed by atoms with Gasteiger partial charge in [-0.05, 0) is 51.5 Å². The first kappa shape index (κ1) is 20.9. The lowest BCUT2D eigenvalue weighted by Crippen LogP contribution is -2.14. The number of aryl methyl sites for hydroxylation is 2. The van der Waals surface area contributed by atoms with Crippen LogP contribution in [0.15, 0.2) is 35.3 Å². The number of hydrogen-bond donors (Lipinski definition) is 0. The summed E-state index contributed by atoms with van der Waals surface area (Å²) in [6.07, 6.45) is 0. The average Bonchev–Trinajstić information content (AvgIpc) is 3.01. The van der Waals surface area contributed by atoms with Gasteiger partial charge >= 0.3 is 0 Å². The van der Waals surface area contributed by atoms with Crippen molar-refractivity contribution in [3.05, 3.63) is 46.3 Å². The summed E-state index contributed by atoms with van der Waals surface area (Å²) in [6.45, 7) is 9.08. The summed E-state index contributed by atoms with van der Waals surface area (Å²) in [6, 6.07) is 9.43. The third-order valence-corrected chi connectivity index (χ3v) is 5.47. The maximum Gasteiger partial charge on any atom is 0.279 e. The first-order valence-corrected chi connectivity index (χ1v) is 10.5. The standard InChI is InChI=1S/C22H26N2O4S/c1-6-26-16-12-15(13-17(27-7-2)20(16)28-8-3)21(25)23-22-24(5)19-14(4)10-9-11-18(19)29-22/h9-13H,6-8H2,1-5H3. The Morgan fingerprint density at radius 3 is 2.21 bits per heavy atom. The summed E-state index contributed by atoms with van der Waals surface area (Å²) in [7, 11) is 1.92. The quantitative estimate of drug-likeness (QED) is 0.572. The van der Waals surface area contributed by atoms with Gasteiger partial charge in [0.2, 0.25) is 5.75 Å². The molecule has 0 saturated heterocycles. The summed E-state index contributed by atoms with van der Waals surface area (Å²) in [5.41, 5.74) is 2.63. The molecule has 154 valence electrons. The molecule has 3 rings (SSSR count). The van der Waals surface area contributed by atoms with Crippen LogP contribution in [0.2, 0.25) is 0 Å². The molecule has 0 fully saturated rings. The zero-order valence-corrected chi connectivity index (χ0v) is 18.3. The number of hydrogen-bond acceptors (Lipinski definition) is 5. The molecule has 0 unspecified atom stereocenters. The summed E-state index contributed by atoms with van der Waals surface area (Å²) in [5.74, 6) is 1.12. The van der Waals surface area contributed by atoms with Gasteiger partial charge in [-0.15, -0.1) is 0 Å². The van der Waals surface area contributed by atoms with Gasteiger partial charge in [0, 0.05) is 12.6 Å². The van der Waals surface area contributed by atoms with Crippen molar-refractivity contribution in [2.45, 2.75) is 27.7 Å². The molecular formula is C22H26N2O4S. The second-order valence-corrected chi connectivity index (χ2v) is 7.39. The van der Waals surface area contributed by atoms with E-state index in [1.54, 1.807) is 12.1 Å². The molecule has 1 heterocycles. The van der Waals surface area contributed by atoms with Crippen LogP contribution in [0, 0.1) is 6.92 Å². The van der Waals surface area contributed by atoms with Crippen LogP contribution < -0.4 is 19.0 Å². The molecule has 0 aliphatic carbocycles. The van der Waals surface area contributed by atoms with E-state index >= 15 is 0 Å². The Bertz CT molecular complexity index is 1070. The van der Waals surface area contributed by atoms with E-state index in [0.29, 0.717) is 47.4 Å². The van der Waals surface area contributed by atoms with E-state index in [-0.39, 0.29) is 5.91 Å². The lowest BCUT2D eigenvalue weighted by Gasteiger charge is -2.16. The Morgan fingerprint density at radius 2 is 1.66 bits per heavy atom. The van der Waals surface area contributed by atoms with Crippen molar-refractivity contribution in [2.24, 2.45) is 12.0 Å². The topological polar surface area (TPSA) is 62.0 Å². The van der Waals surface area contributed by atoms with Crippen molar-refractivity contribution in [2.75, 3.05) is 19.8 Å². The number of para-hydroxylation sites is 1. The van der Waals surface area contributed by atoms with E-state index < -0.39 is 0 Å². The minimum atomic E-state index is -0.352. The van der Waals surface area contributed by atoms with Crippen LogP contribution in [0.4, 0.5) is 0 Å². The number of carbonyl (C=O) groups excluding carboxylic acids is 1. The van der Waals surface area contributed by atoms with Crippen LogP contribution in [0.1, 0.15) is 36.7 Å². The predicted molar refractivity (Wildman–Crippen MR) is 115 cm³/mol. The van der Waals surface area contributed by atoms with Crippen molar-refractivity contribution >= 4 is 27.5 Å². The fourth-order valence-electron chi connectivity index (χ4n) is 3.17. The third kappa shape index (κ3) is 4.29. The van der Waals surface area contributed by atoms with Crippen molar-refractivity contribution in [1.29, 1.82) is 0 Å². The summed E-state index contributed by atoms with van der Waals surface area (Å²) in [5, 5.41) is 0. The van der Waals surface area contributed by atoms with E-state index in [9.17, 15) is 4.79 Å². The Balaban J connectivity index is 2.10. The Hall–Kier alpha value is -2.80. The van der Waals surface area contributed by atoms with E-state index in [1.165, 1.54) is 11.3 Å². The summed E-state index contributed by atoms with van der Waals surface area (Å²) >= 11 is 1.49. The number of thiazole rings is 1. The number of benzene rings is 2. The molecule has 1 amide bonds. The smallest absolute Gasteiger partial charge is 0.279 e. The normalized spacial score (nSPS) is 11.7. The highest BCUT2D eigenvalue weighted by atomic mass is 32.1. The SMILES string of the molecule is CCOc1cc(C(=O)N=c2sc3cccc(C)c3n2C)cc(OCC)c1OCC. The number of amides is 1. The molecule has 0 aliphatic heterocycles. The van der Waals surface area contributed by atoms with Crippen LogP contribution >= 0.6 is 11.3 Å². The fraction of sp³-hybridized carbons (Fsp3) is 0.364. The highest BCUT2D eigenvalue weighted by molar-refractivity contribution is 7.16. The van der Waals surface area contributed by atoms with Crippen LogP contribution in [0.3, 0.4) is 0 Å². The summed E-state index contributed by atoms with van der Waals surface area (Å²) in [4.78, 5) is 18.0. The second kappa shape index (κ2) is 9.13. The Morgan fingerprint density at radius 1 is 1.03 bits per heavy atom. The minimum absolute atomic E-state index is 0.352. The monoisotopic (exact) mass is 414 g/mol. The van der Waals surface area contributed by atoms with Gasteiger partial charge in [-0.25, -0.2) is 0 Å². The van der Waals surface area contributed by atoms with Crippen molar-refractivity contribution < 1.29 is 19.0 Å². The van der Waals surface area contributed by atoms with E-state index in [4.69, 9.17) is 14.2 Å². The van der Waals surface area contributed by atoms with Crippen molar-refractivity contribution in [3.8, 4) is 17.2 Å². The molecule has 6 nitrogen and oxygen atoms in total. The third-order valence-electron chi connectivity index (χ3n) is 4.38. The zero-order valence-electron chi connectivity index (χ0n) is 17.4. The molecule has 0 saturated carbocycles. The Labute approximate surface area is 174 Å². The number of ether oxygens (including phenoxy) is 3. The largest absolute Gasteiger partial charge is 0.490 e. The van der Waals surface area contributed by atoms with Gasteiger partial charge in [-0.1, -0.05) is 23.5 Å². The van der Waals surface area contributed by atoms with E-state index in [2.05, 4.69) is 18.0 Å². The number of carbonyl (C=O) groups is 1. The predicted octanol–water partition coefficient (Wildman–Crippen LogP) is 4.49. The molecule has 0 bridgehead atoms.